The predicted molar refractivity (Wildman–Crippen MR) is 87.7 cm³/mol. The maximum Gasteiger partial charge on any atom is 0.223 e. The lowest BCUT2D eigenvalue weighted by atomic mass is 10.1. The Morgan fingerprint density at radius 3 is 2.61 bits per heavy atom. The fourth-order valence-electron chi connectivity index (χ4n) is 3.66. The summed E-state index contributed by atoms with van der Waals surface area (Å²) in [4.78, 5) is 26.9. The fourth-order valence-corrected chi connectivity index (χ4v) is 3.66. The van der Waals surface area contributed by atoms with Crippen LogP contribution in [0.3, 0.4) is 0 Å². The van der Waals surface area contributed by atoms with Crippen LogP contribution in [0.2, 0.25) is 0 Å². The smallest absolute Gasteiger partial charge is 0.223 e. The minimum absolute atomic E-state index is 0.0151. The molecule has 0 unspecified atom stereocenters. The number of benzene rings is 1. The van der Waals surface area contributed by atoms with Crippen molar-refractivity contribution in [2.45, 2.75) is 44.2 Å². The molecule has 5 heteroatoms. The molecule has 23 heavy (non-hydrogen) atoms. The number of carbonyl (C=O) groups is 2. The first-order chi connectivity index (χ1) is 11.2. The molecule has 1 amide bonds. The molecule has 0 saturated carbocycles. The number of amides is 1. The van der Waals surface area contributed by atoms with Crippen molar-refractivity contribution >= 4 is 11.7 Å². The lowest BCUT2D eigenvalue weighted by molar-refractivity contribution is -0.133. The highest BCUT2D eigenvalue weighted by atomic mass is 16.5. The average molecular weight is 316 g/mol. The zero-order chi connectivity index (χ0) is 16.2. The van der Waals surface area contributed by atoms with Crippen LogP contribution in [0.4, 0.5) is 0 Å². The summed E-state index contributed by atoms with van der Waals surface area (Å²) in [6, 6.07) is 7.73. The van der Waals surface area contributed by atoms with E-state index < -0.39 is 0 Å². The van der Waals surface area contributed by atoms with Crippen LogP contribution >= 0.6 is 0 Å². The van der Waals surface area contributed by atoms with E-state index in [9.17, 15) is 9.59 Å². The number of nitrogens with zero attached hydrogens (tertiary/aromatic N) is 1. The van der Waals surface area contributed by atoms with Gasteiger partial charge >= 0.3 is 0 Å². The second-order valence-corrected chi connectivity index (χ2v) is 6.33. The van der Waals surface area contributed by atoms with Crippen molar-refractivity contribution in [1.29, 1.82) is 0 Å². The highest BCUT2D eigenvalue weighted by molar-refractivity contribution is 5.98. The molecule has 0 spiro atoms. The van der Waals surface area contributed by atoms with Crippen LogP contribution in [0.25, 0.3) is 0 Å². The van der Waals surface area contributed by atoms with Gasteiger partial charge in [0.15, 0.2) is 5.78 Å². The van der Waals surface area contributed by atoms with Gasteiger partial charge in [0.05, 0.1) is 7.11 Å². The number of Topliss-reactive ketones (excluding diaryl/α,β-unsaturated/α-hetero) is 1. The van der Waals surface area contributed by atoms with Gasteiger partial charge in [-0.25, -0.2) is 0 Å². The predicted octanol–water partition coefficient (Wildman–Crippen LogP) is 2.01. The summed E-state index contributed by atoms with van der Waals surface area (Å²) in [7, 11) is 1.60. The molecule has 0 radical (unpaired) electrons. The number of ether oxygens (including phenoxy) is 1. The van der Waals surface area contributed by atoms with E-state index in [0.717, 1.165) is 38.1 Å². The standard InChI is InChI=1S/C18H24N2O3/c1-23-16-6-2-13(3-7-16)17(21)8-9-18(22)20-14-4-5-15(20)12-19-11-10-14/h2-3,6-7,14-15,19H,4-5,8-12H2,1H3/t14-,15+/m1/s1. The minimum atomic E-state index is 0.0151. The van der Waals surface area contributed by atoms with Crippen LogP contribution in [-0.4, -0.2) is 48.9 Å². The van der Waals surface area contributed by atoms with E-state index >= 15 is 0 Å². The van der Waals surface area contributed by atoms with Gasteiger partial charge in [-0.05, 0) is 50.1 Å². The molecule has 5 nitrogen and oxygen atoms in total. The van der Waals surface area contributed by atoms with Crippen LogP contribution in [0.1, 0.15) is 42.5 Å². The van der Waals surface area contributed by atoms with Gasteiger partial charge in [0.2, 0.25) is 5.91 Å². The Balaban J connectivity index is 1.56. The summed E-state index contributed by atoms with van der Waals surface area (Å²) in [6.07, 6.45) is 3.78. The number of hydrogen-bond donors (Lipinski definition) is 1. The molecular formula is C18H24N2O3. The van der Waals surface area contributed by atoms with Gasteiger partial charge in [-0.1, -0.05) is 0 Å². The van der Waals surface area contributed by atoms with Gasteiger partial charge in [0, 0.05) is 37.0 Å². The molecule has 2 fully saturated rings. The van der Waals surface area contributed by atoms with Crippen molar-refractivity contribution in [3.05, 3.63) is 29.8 Å². The van der Waals surface area contributed by atoms with Crippen molar-refractivity contribution in [3.8, 4) is 5.75 Å². The SMILES string of the molecule is COc1ccc(C(=O)CCC(=O)N2[C@H]3CCNC[C@@H]2CC3)cc1. The Bertz CT molecular complexity index is 556. The van der Waals surface area contributed by atoms with Gasteiger partial charge in [-0.15, -0.1) is 0 Å². The van der Waals surface area contributed by atoms with E-state index in [1.807, 2.05) is 4.90 Å². The summed E-state index contributed by atoms with van der Waals surface area (Å²) in [5, 5.41) is 3.39. The van der Waals surface area contributed by atoms with Crippen molar-refractivity contribution in [2.24, 2.45) is 0 Å². The highest BCUT2D eigenvalue weighted by Gasteiger charge is 2.37. The zero-order valence-electron chi connectivity index (χ0n) is 13.6. The number of methoxy groups -OCH3 is 1. The molecular weight excluding hydrogens is 292 g/mol. The monoisotopic (exact) mass is 316 g/mol. The van der Waals surface area contributed by atoms with E-state index in [4.69, 9.17) is 4.74 Å². The minimum Gasteiger partial charge on any atom is -0.497 e. The van der Waals surface area contributed by atoms with Gasteiger partial charge in [-0.3, -0.25) is 9.59 Å². The third kappa shape index (κ3) is 3.55. The van der Waals surface area contributed by atoms with Crippen LogP contribution in [0.5, 0.6) is 5.75 Å². The molecule has 1 aromatic rings. The number of rotatable bonds is 5. The van der Waals surface area contributed by atoms with Crippen LogP contribution in [-0.2, 0) is 4.79 Å². The topological polar surface area (TPSA) is 58.6 Å². The lowest BCUT2D eigenvalue weighted by Crippen LogP contribution is -2.42. The lowest BCUT2D eigenvalue weighted by Gasteiger charge is -2.27. The molecule has 3 rings (SSSR count). The summed E-state index contributed by atoms with van der Waals surface area (Å²) in [6.45, 7) is 1.87. The third-order valence-corrected chi connectivity index (χ3v) is 4.92. The van der Waals surface area contributed by atoms with Gasteiger partial charge in [-0.2, -0.15) is 0 Å². The molecule has 1 aromatic carbocycles. The molecule has 1 N–H and O–H groups in total. The largest absolute Gasteiger partial charge is 0.497 e. The first kappa shape index (κ1) is 16.0. The Hall–Kier alpha value is -1.88. The normalized spacial score (nSPS) is 23.4. The molecule has 124 valence electrons. The zero-order valence-corrected chi connectivity index (χ0v) is 13.6. The van der Waals surface area contributed by atoms with E-state index in [-0.39, 0.29) is 18.1 Å². The maximum absolute atomic E-state index is 12.6. The molecule has 2 aliphatic heterocycles. The van der Waals surface area contributed by atoms with Crippen LogP contribution in [0, 0.1) is 0 Å². The number of hydrogen-bond acceptors (Lipinski definition) is 4. The maximum atomic E-state index is 12.6. The molecule has 2 atom stereocenters. The van der Waals surface area contributed by atoms with Gasteiger partial charge in [0.25, 0.3) is 0 Å². The first-order valence-electron chi connectivity index (χ1n) is 8.38. The summed E-state index contributed by atoms with van der Waals surface area (Å²) < 4.78 is 5.09. The van der Waals surface area contributed by atoms with Crippen molar-refractivity contribution in [3.63, 3.8) is 0 Å². The summed E-state index contributed by atoms with van der Waals surface area (Å²) >= 11 is 0. The van der Waals surface area contributed by atoms with Gasteiger partial charge < -0.3 is 15.0 Å². The highest BCUT2D eigenvalue weighted by Crippen LogP contribution is 2.28. The van der Waals surface area contributed by atoms with Crippen LogP contribution in [0.15, 0.2) is 24.3 Å². The Morgan fingerprint density at radius 2 is 1.87 bits per heavy atom. The second-order valence-electron chi connectivity index (χ2n) is 6.33. The molecule has 0 aromatic heterocycles. The van der Waals surface area contributed by atoms with E-state index in [2.05, 4.69) is 5.32 Å². The van der Waals surface area contributed by atoms with Gasteiger partial charge in [0.1, 0.15) is 5.75 Å². The molecule has 2 saturated heterocycles. The fraction of sp³-hybridized carbons (Fsp3) is 0.556. The summed E-state index contributed by atoms with van der Waals surface area (Å²) in [5.41, 5.74) is 0.638. The quantitative estimate of drug-likeness (QED) is 0.844. The number of ketones is 1. The third-order valence-electron chi connectivity index (χ3n) is 4.92. The summed E-state index contributed by atoms with van der Waals surface area (Å²) in [5.74, 6) is 0.871. The Kier molecular flexibility index (Phi) is 4.96. The molecule has 2 bridgehead atoms. The molecule has 2 aliphatic rings. The van der Waals surface area contributed by atoms with E-state index in [0.29, 0.717) is 24.1 Å². The average Bonchev–Trinajstić information content (AvgIpc) is 2.85. The van der Waals surface area contributed by atoms with E-state index in [1.165, 1.54) is 0 Å². The van der Waals surface area contributed by atoms with Crippen molar-refractivity contribution in [1.82, 2.24) is 10.2 Å². The van der Waals surface area contributed by atoms with Crippen molar-refractivity contribution in [2.75, 3.05) is 20.2 Å². The Labute approximate surface area is 137 Å². The Morgan fingerprint density at radius 1 is 1.13 bits per heavy atom. The molecule has 0 aliphatic carbocycles. The van der Waals surface area contributed by atoms with Crippen LogP contribution < -0.4 is 10.1 Å². The number of fused-ring (bicyclic) bond motifs is 2. The molecule has 2 heterocycles. The number of nitrogens with one attached hydrogen (secondary N) is 1. The number of carbonyl (C=O) groups excluding carboxylic acids is 2. The van der Waals surface area contributed by atoms with Crippen molar-refractivity contribution < 1.29 is 14.3 Å². The second kappa shape index (κ2) is 7.13. The van der Waals surface area contributed by atoms with E-state index in [1.54, 1.807) is 31.4 Å². The first-order valence-corrected chi connectivity index (χ1v) is 8.38.